The van der Waals surface area contributed by atoms with E-state index in [1.165, 1.54) is 17.5 Å². The topological polar surface area (TPSA) is 97.1 Å². The van der Waals surface area contributed by atoms with Crippen molar-refractivity contribution in [3.8, 4) is 0 Å². The number of fused-ring (bicyclic) bond motifs is 1. The van der Waals surface area contributed by atoms with E-state index < -0.39 is 0 Å². The summed E-state index contributed by atoms with van der Waals surface area (Å²) < 4.78 is 5.02. The minimum Gasteiger partial charge on any atom is -0.352 e. The Bertz CT molecular complexity index is 857. The first-order chi connectivity index (χ1) is 11.6. The lowest BCUT2D eigenvalue weighted by Crippen LogP contribution is -2.29. The molecule has 124 valence electrons. The molecule has 0 bridgehead atoms. The lowest BCUT2D eigenvalue weighted by molar-refractivity contribution is 0.0952. The molecular weight excluding hydrogens is 328 g/mol. The number of rotatable bonds is 6. The number of hydrogen-bond donors (Lipinski definition) is 2. The average molecular weight is 344 g/mol. The highest BCUT2D eigenvalue weighted by molar-refractivity contribution is 7.12. The Morgan fingerprint density at radius 1 is 1.25 bits per heavy atom. The molecule has 8 heteroatoms. The first kappa shape index (κ1) is 16.1. The van der Waals surface area contributed by atoms with Crippen LogP contribution in [0.4, 0.5) is 0 Å². The van der Waals surface area contributed by atoms with Crippen LogP contribution in [0.15, 0.2) is 34.3 Å². The molecule has 0 atom stereocenters. The SMILES string of the molecule is Cc1noc2ncc(C(=O)NCCCNC(=O)c3cccs3)cc12. The summed E-state index contributed by atoms with van der Waals surface area (Å²) in [5, 5.41) is 12.0. The van der Waals surface area contributed by atoms with Gasteiger partial charge in [-0.3, -0.25) is 9.59 Å². The Hall–Kier alpha value is -2.74. The van der Waals surface area contributed by atoms with Crippen LogP contribution in [0.25, 0.3) is 11.1 Å². The van der Waals surface area contributed by atoms with Gasteiger partial charge in [-0.15, -0.1) is 11.3 Å². The van der Waals surface area contributed by atoms with E-state index in [-0.39, 0.29) is 11.8 Å². The van der Waals surface area contributed by atoms with Crippen LogP contribution in [-0.2, 0) is 0 Å². The molecule has 0 radical (unpaired) electrons. The highest BCUT2D eigenvalue weighted by Crippen LogP contribution is 2.16. The van der Waals surface area contributed by atoms with Crippen LogP contribution in [0.5, 0.6) is 0 Å². The van der Waals surface area contributed by atoms with Gasteiger partial charge >= 0.3 is 0 Å². The van der Waals surface area contributed by atoms with E-state index in [2.05, 4.69) is 20.8 Å². The molecule has 3 aromatic rings. The zero-order valence-electron chi connectivity index (χ0n) is 13.0. The number of aryl methyl sites for hydroxylation is 1. The third-order valence-corrected chi connectivity index (χ3v) is 4.31. The number of carbonyl (C=O) groups excluding carboxylic acids is 2. The van der Waals surface area contributed by atoms with E-state index in [0.717, 1.165) is 5.39 Å². The molecule has 0 saturated carbocycles. The van der Waals surface area contributed by atoms with Gasteiger partial charge in [0.2, 0.25) is 0 Å². The fourth-order valence-electron chi connectivity index (χ4n) is 2.16. The molecule has 3 rings (SSSR count). The van der Waals surface area contributed by atoms with E-state index in [0.29, 0.717) is 41.4 Å². The molecule has 0 fully saturated rings. The van der Waals surface area contributed by atoms with Crippen molar-refractivity contribution in [1.82, 2.24) is 20.8 Å². The van der Waals surface area contributed by atoms with Gasteiger partial charge in [0.05, 0.1) is 21.5 Å². The second-order valence-corrected chi connectivity index (χ2v) is 6.14. The normalized spacial score (nSPS) is 10.7. The maximum Gasteiger partial charge on any atom is 0.261 e. The van der Waals surface area contributed by atoms with E-state index in [1.54, 1.807) is 19.1 Å². The van der Waals surface area contributed by atoms with E-state index in [4.69, 9.17) is 4.52 Å². The van der Waals surface area contributed by atoms with Gasteiger partial charge in [-0.25, -0.2) is 4.98 Å². The predicted octanol–water partition coefficient (Wildman–Crippen LogP) is 2.14. The summed E-state index contributed by atoms with van der Waals surface area (Å²) in [5.41, 5.74) is 1.57. The van der Waals surface area contributed by atoms with Crippen molar-refractivity contribution in [1.29, 1.82) is 0 Å². The summed E-state index contributed by atoms with van der Waals surface area (Å²) in [4.78, 5) is 28.6. The minimum atomic E-state index is -0.213. The predicted molar refractivity (Wildman–Crippen MR) is 90.1 cm³/mol. The van der Waals surface area contributed by atoms with Gasteiger partial charge in [0.25, 0.3) is 17.5 Å². The third kappa shape index (κ3) is 3.60. The van der Waals surface area contributed by atoms with Gasteiger partial charge in [0.1, 0.15) is 0 Å². The first-order valence-corrected chi connectivity index (χ1v) is 8.35. The van der Waals surface area contributed by atoms with E-state index in [9.17, 15) is 9.59 Å². The van der Waals surface area contributed by atoms with Crippen LogP contribution in [0, 0.1) is 6.92 Å². The van der Waals surface area contributed by atoms with Gasteiger partial charge < -0.3 is 15.2 Å². The number of amides is 2. The smallest absolute Gasteiger partial charge is 0.261 e. The Balaban J connectivity index is 1.45. The summed E-state index contributed by atoms with van der Waals surface area (Å²) >= 11 is 1.40. The number of hydrogen-bond acceptors (Lipinski definition) is 6. The van der Waals surface area contributed by atoms with Crippen molar-refractivity contribution in [2.45, 2.75) is 13.3 Å². The summed E-state index contributed by atoms with van der Waals surface area (Å²) in [7, 11) is 0. The minimum absolute atomic E-state index is 0.0890. The van der Waals surface area contributed by atoms with Crippen molar-refractivity contribution in [3.63, 3.8) is 0 Å². The second kappa shape index (κ2) is 7.22. The number of aromatic nitrogens is 2. The number of carbonyl (C=O) groups is 2. The van der Waals surface area contributed by atoms with Gasteiger partial charge in [0, 0.05) is 19.3 Å². The van der Waals surface area contributed by atoms with E-state index in [1.807, 2.05) is 11.4 Å². The summed E-state index contributed by atoms with van der Waals surface area (Å²) in [6.07, 6.45) is 2.10. The van der Waals surface area contributed by atoms with Gasteiger partial charge in [0.15, 0.2) is 0 Å². The molecule has 3 heterocycles. The number of thiophene rings is 1. The molecule has 3 aromatic heterocycles. The molecule has 0 saturated heterocycles. The maximum absolute atomic E-state index is 12.1. The fourth-order valence-corrected chi connectivity index (χ4v) is 2.80. The fraction of sp³-hybridized carbons (Fsp3) is 0.250. The molecule has 2 N–H and O–H groups in total. The molecular formula is C16H16N4O3S. The third-order valence-electron chi connectivity index (χ3n) is 3.44. The Kier molecular flexibility index (Phi) is 4.85. The Labute approximate surface area is 142 Å². The highest BCUT2D eigenvalue weighted by atomic mass is 32.1. The van der Waals surface area contributed by atoms with Crippen LogP contribution in [-0.4, -0.2) is 35.0 Å². The van der Waals surface area contributed by atoms with Crippen LogP contribution in [0.3, 0.4) is 0 Å². The van der Waals surface area contributed by atoms with Gasteiger partial charge in [-0.1, -0.05) is 11.2 Å². The Morgan fingerprint density at radius 2 is 2.04 bits per heavy atom. The zero-order valence-corrected chi connectivity index (χ0v) is 13.9. The van der Waals surface area contributed by atoms with Gasteiger partial charge in [-0.05, 0) is 30.9 Å². The molecule has 0 unspecified atom stereocenters. The monoisotopic (exact) mass is 344 g/mol. The van der Waals surface area contributed by atoms with Gasteiger partial charge in [-0.2, -0.15) is 0 Å². The van der Waals surface area contributed by atoms with Crippen LogP contribution in [0.2, 0.25) is 0 Å². The van der Waals surface area contributed by atoms with Crippen LogP contribution in [0.1, 0.15) is 32.1 Å². The molecule has 0 aliphatic heterocycles. The van der Waals surface area contributed by atoms with Crippen molar-refractivity contribution in [2.24, 2.45) is 0 Å². The molecule has 24 heavy (non-hydrogen) atoms. The average Bonchev–Trinajstić information content (AvgIpc) is 3.24. The summed E-state index contributed by atoms with van der Waals surface area (Å²) in [5.74, 6) is -0.302. The molecule has 2 amide bonds. The first-order valence-electron chi connectivity index (χ1n) is 7.47. The lowest BCUT2D eigenvalue weighted by Gasteiger charge is -2.06. The van der Waals surface area contributed by atoms with Crippen molar-refractivity contribution < 1.29 is 14.1 Å². The Morgan fingerprint density at radius 3 is 2.79 bits per heavy atom. The lowest BCUT2D eigenvalue weighted by atomic mass is 10.2. The van der Waals surface area contributed by atoms with Crippen molar-refractivity contribution in [2.75, 3.05) is 13.1 Å². The molecule has 0 aromatic carbocycles. The molecule has 7 nitrogen and oxygen atoms in total. The second-order valence-electron chi connectivity index (χ2n) is 5.19. The standard InChI is InChI=1S/C16H16N4O3S/c1-10-12-8-11(9-19-16(12)23-20-10)14(21)17-5-3-6-18-15(22)13-4-2-7-24-13/h2,4,7-9H,3,5-6H2,1H3,(H,17,21)(H,18,22). The van der Waals surface area contributed by atoms with Crippen molar-refractivity contribution >= 4 is 34.3 Å². The van der Waals surface area contributed by atoms with Crippen LogP contribution < -0.4 is 10.6 Å². The number of pyridine rings is 1. The largest absolute Gasteiger partial charge is 0.352 e. The number of nitrogens with zero attached hydrogens (tertiary/aromatic N) is 2. The summed E-state index contributed by atoms with van der Waals surface area (Å²) in [6.45, 7) is 2.76. The summed E-state index contributed by atoms with van der Waals surface area (Å²) in [6, 6.07) is 5.32. The molecule has 0 aliphatic rings. The number of nitrogens with one attached hydrogen (secondary N) is 2. The quantitative estimate of drug-likeness (QED) is 0.668. The maximum atomic E-state index is 12.1. The molecule has 0 aliphatic carbocycles. The zero-order chi connectivity index (χ0) is 16.9. The van der Waals surface area contributed by atoms with Crippen LogP contribution >= 0.6 is 11.3 Å². The highest BCUT2D eigenvalue weighted by Gasteiger charge is 2.11. The van der Waals surface area contributed by atoms with E-state index >= 15 is 0 Å². The van der Waals surface area contributed by atoms with Crippen molar-refractivity contribution in [3.05, 3.63) is 45.9 Å². The molecule has 0 spiro atoms.